The topological polar surface area (TPSA) is 58.6 Å². The normalized spacial score (nSPS) is 13.9. The van der Waals surface area contributed by atoms with Crippen molar-refractivity contribution in [3.05, 3.63) is 72.0 Å². The SMILES string of the molecule is Cc1ccc(-c2ccc(N3CCN(C(=O)COc4cccc(F)c4)CC3)nn2)cc1. The number of piperazine rings is 1. The molecule has 1 fully saturated rings. The molecular weight excluding hydrogens is 383 g/mol. The first-order valence-corrected chi connectivity index (χ1v) is 9.90. The van der Waals surface area contributed by atoms with Crippen LogP contribution in [-0.2, 0) is 4.79 Å². The van der Waals surface area contributed by atoms with Gasteiger partial charge in [0.25, 0.3) is 5.91 Å². The first kappa shape index (κ1) is 19.8. The molecule has 0 unspecified atom stereocenters. The van der Waals surface area contributed by atoms with Gasteiger partial charge in [0.05, 0.1) is 5.69 Å². The van der Waals surface area contributed by atoms with E-state index in [1.807, 2.05) is 24.3 Å². The lowest BCUT2D eigenvalue weighted by Gasteiger charge is -2.35. The molecule has 0 spiro atoms. The van der Waals surface area contributed by atoms with Gasteiger partial charge in [0.1, 0.15) is 11.6 Å². The van der Waals surface area contributed by atoms with Crippen LogP contribution in [0, 0.1) is 12.7 Å². The van der Waals surface area contributed by atoms with Crippen molar-refractivity contribution >= 4 is 11.7 Å². The Morgan fingerprint density at radius 3 is 2.43 bits per heavy atom. The molecule has 2 aromatic carbocycles. The summed E-state index contributed by atoms with van der Waals surface area (Å²) in [6, 6.07) is 17.9. The molecule has 6 nitrogen and oxygen atoms in total. The number of amides is 1. The molecular formula is C23H23FN4O2. The highest BCUT2D eigenvalue weighted by Gasteiger charge is 2.22. The van der Waals surface area contributed by atoms with Crippen molar-refractivity contribution in [2.24, 2.45) is 0 Å². The number of hydrogen-bond acceptors (Lipinski definition) is 5. The Labute approximate surface area is 174 Å². The molecule has 154 valence electrons. The predicted octanol–water partition coefficient (Wildman–Crippen LogP) is 3.32. The fourth-order valence-electron chi connectivity index (χ4n) is 3.35. The Balaban J connectivity index is 1.29. The fraction of sp³-hybridized carbons (Fsp3) is 0.261. The van der Waals surface area contributed by atoms with E-state index in [1.165, 1.54) is 17.7 Å². The maximum atomic E-state index is 13.2. The summed E-state index contributed by atoms with van der Waals surface area (Å²) in [5, 5.41) is 8.72. The Kier molecular flexibility index (Phi) is 5.88. The molecule has 1 amide bonds. The Morgan fingerprint density at radius 1 is 1.00 bits per heavy atom. The first-order chi connectivity index (χ1) is 14.6. The van der Waals surface area contributed by atoms with Crippen molar-refractivity contribution in [3.8, 4) is 17.0 Å². The number of nitrogens with zero attached hydrogens (tertiary/aromatic N) is 4. The molecule has 3 aromatic rings. The van der Waals surface area contributed by atoms with Crippen LogP contribution in [0.2, 0.25) is 0 Å². The smallest absolute Gasteiger partial charge is 0.260 e. The maximum absolute atomic E-state index is 13.2. The fourth-order valence-corrected chi connectivity index (χ4v) is 3.35. The molecule has 4 rings (SSSR count). The average molecular weight is 406 g/mol. The van der Waals surface area contributed by atoms with Crippen molar-refractivity contribution in [2.45, 2.75) is 6.92 Å². The van der Waals surface area contributed by atoms with E-state index in [0.717, 1.165) is 17.1 Å². The summed E-state index contributed by atoms with van der Waals surface area (Å²) in [6.07, 6.45) is 0. The van der Waals surface area contributed by atoms with Gasteiger partial charge in [-0.3, -0.25) is 4.79 Å². The van der Waals surface area contributed by atoms with Crippen LogP contribution in [-0.4, -0.2) is 53.8 Å². The van der Waals surface area contributed by atoms with Crippen LogP contribution in [0.1, 0.15) is 5.56 Å². The molecule has 1 saturated heterocycles. The summed E-state index contributed by atoms with van der Waals surface area (Å²) in [5.74, 6) is 0.655. The standard InChI is InChI=1S/C23H23FN4O2/c1-17-5-7-18(8-6-17)21-9-10-22(26-25-21)27-11-13-28(14-12-27)23(29)16-30-20-4-2-3-19(24)15-20/h2-10,15H,11-14,16H2,1H3. The highest BCUT2D eigenvalue weighted by Crippen LogP contribution is 2.20. The van der Waals surface area contributed by atoms with Crippen LogP contribution in [0.15, 0.2) is 60.7 Å². The number of anilines is 1. The molecule has 1 aliphatic rings. The summed E-state index contributed by atoms with van der Waals surface area (Å²) < 4.78 is 18.6. The minimum absolute atomic E-state index is 0.103. The maximum Gasteiger partial charge on any atom is 0.260 e. The number of aromatic nitrogens is 2. The third kappa shape index (κ3) is 4.74. The van der Waals surface area contributed by atoms with E-state index in [9.17, 15) is 9.18 Å². The minimum atomic E-state index is -0.386. The number of rotatable bonds is 5. The Hall–Kier alpha value is -3.48. The highest BCUT2D eigenvalue weighted by atomic mass is 19.1. The van der Waals surface area contributed by atoms with Crippen molar-refractivity contribution in [2.75, 3.05) is 37.7 Å². The van der Waals surface area contributed by atoms with E-state index in [0.29, 0.717) is 31.9 Å². The van der Waals surface area contributed by atoms with Gasteiger partial charge in [-0.15, -0.1) is 10.2 Å². The zero-order chi connectivity index (χ0) is 20.9. The molecule has 0 N–H and O–H groups in total. The lowest BCUT2D eigenvalue weighted by molar-refractivity contribution is -0.133. The predicted molar refractivity (Wildman–Crippen MR) is 113 cm³/mol. The van der Waals surface area contributed by atoms with Gasteiger partial charge >= 0.3 is 0 Å². The van der Waals surface area contributed by atoms with Gasteiger partial charge in [0, 0.05) is 37.8 Å². The van der Waals surface area contributed by atoms with E-state index in [4.69, 9.17) is 4.74 Å². The van der Waals surface area contributed by atoms with Gasteiger partial charge in [-0.05, 0) is 31.2 Å². The third-order valence-electron chi connectivity index (χ3n) is 5.11. The van der Waals surface area contributed by atoms with Crippen molar-refractivity contribution in [3.63, 3.8) is 0 Å². The average Bonchev–Trinajstić information content (AvgIpc) is 2.78. The summed E-state index contributed by atoms with van der Waals surface area (Å²) in [6.45, 7) is 4.44. The van der Waals surface area contributed by atoms with Crippen LogP contribution < -0.4 is 9.64 Å². The minimum Gasteiger partial charge on any atom is -0.484 e. The van der Waals surface area contributed by atoms with Gasteiger partial charge < -0.3 is 14.5 Å². The Morgan fingerprint density at radius 2 is 1.77 bits per heavy atom. The van der Waals surface area contributed by atoms with Crippen LogP contribution >= 0.6 is 0 Å². The zero-order valence-electron chi connectivity index (χ0n) is 16.8. The third-order valence-corrected chi connectivity index (χ3v) is 5.11. The lowest BCUT2D eigenvalue weighted by Crippen LogP contribution is -2.50. The van der Waals surface area contributed by atoms with Gasteiger partial charge in [-0.1, -0.05) is 35.9 Å². The number of carbonyl (C=O) groups excluding carboxylic acids is 1. The van der Waals surface area contributed by atoms with Gasteiger partial charge in [0.15, 0.2) is 12.4 Å². The van der Waals surface area contributed by atoms with Crippen LogP contribution in [0.4, 0.5) is 10.2 Å². The molecule has 2 heterocycles. The molecule has 0 aliphatic carbocycles. The molecule has 0 saturated carbocycles. The number of benzene rings is 2. The van der Waals surface area contributed by atoms with E-state index >= 15 is 0 Å². The van der Waals surface area contributed by atoms with E-state index in [1.54, 1.807) is 17.0 Å². The second kappa shape index (κ2) is 8.90. The number of carbonyl (C=O) groups is 1. The molecule has 1 aliphatic heterocycles. The van der Waals surface area contributed by atoms with E-state index < -0.39 is 0 Å². The summed E-state index contributed by atoms with van der Waals surface area (Å²) in [4.78, 5) is 16.3. The zero-order valence-corrected chi connectivity index (χ0v) is 16.8. The largest absolute Gasteiger partial charge is 0.484 e. The summed E-state index contributed by atoms with van der Waals surface area (Å²) >= 11 is 0. The second-order valence-electron chi connectivity index (χ2n) is 7.26. The van der Waals surface area contributed by atoms with Gasteiger partial charge in [-0.25, -0.2) is 4.39 Å². The lowest BCUT2D eigenvalue weighted by atomic mass is 10.1. The summed E-state index contributed by atoms with van der Waals surface area (Å²) in [5.41, 5.74) is 3.08. The van der Waals surface area contributed by atoms with Crippen LogP contribution in [0.5, 0.6) is 5.75 Å². The van der Waals surface area contributed by atoms with Crippen molar-refractivity contribution < 1.29 is 13.9 Å². The van der Waals surface area contributed by atoms with E-state index in [-0.39, 0.29) is 18.3 Å². The quantitative estimate of drug-likeness (QED) is 0.651. The summed E-state index contributed by atoms with van der Waals surface area (Å²) in [7, 11) is 0. The highest BCUT2D eigenvalue weighted by molar-refractivity contribution is 5.78. The van der Waals surface area contributed by atoms with Crippen molar-refractivity contribution in [1.29, 1.82) is 0 Å². The second-order valence-corrected chi connectivity index (χ2v) is 7.26. The number of halogens is 1. The van der Waals surface area contributed by atoms with E-state index in [2.05, 4.69) is 34.2 Å². The molecule has 0 atom stereocenters. The molecule has 1 aromatic heterocycles. The molecule has 0 radical (unpaired) electrons. The number of aryl methyl sites for hydroxylation is 1. The Bertz CT molecular complexity index is 1000. The monoisotopic (exact) mass is 406 g/mol. The van der Waals surface area contributed by atoms with Crippen LogP contribution in [0.3, 0.4) is 0 Å². The number of hydrogen-bond donors (Lipinski definition) is 0. The van der Waals surface area contributed by atoms with Crippen molar-refractivity contribution in [1.82, 2.24) is 15.1 Å². The molecule has 7 heteroatoms. The van der Waals surface area contributed by atoms with Crippen LogP contribution in [0.25, 0.3) is 11.3 Å². The van der Waals surface area contributed by atoms with Gasteiger partial charge in [0.2, 0.25) is 0 Å². The number of ether oxygens (including phenoxy) is 1. The van der Waals surface area contributed by atoms with Gasteiger partial charge in [-0.2, -0.15) is 0 Å². The first-order valence-electron chi connectivity index (χ1n) is 9.90. The molecule has 30 heavy (non-hydrogen) atoms. The molecule has 0 bridgehead atoms.